The maximum atomic E-state index is 12.4. The second-order valence-electron chi connectivity index (χ2n) is 7.94. The van der Waals surface area contributed by atoms with Gasteiger partial charge in [0.05, 0.1) is 0 Å². The summed E-state index contributed by atoms with van der Waals surface area (Å²) in [5.74, 6) is 1.65. The molecule has 2 heterocycles. The van der Waals surface area contributed by atoms with Gasteiger partial charge in [0, 0.05) is 31.3 Å². The number of hydrogen-bond acceptors (Lipinski definition) is 5. The van der Waals surface area contributed by atoms with Crippen LogP contribution in [0, 0.1) is 5.92 Å². The van der Waals surface area contributed by atoms with E-state index in [1.165, 1.54) is 6.42 Å². The van der Waals surface area contributed by atoms with Crippen molar-refractivity contribution in [2.45, 2.75) is 70.3 Å². The van der Waals surface area contributed by atoms with Crippen molar-refractivity contribution >= 4 is 17.8 Å². The lowest BCUT2D eigenvalue weighted by Crippen LogP contribution is -2.39. The Kier molecular flexibility index (Phi) is 6.82. The Balaban J connectivity index is 1.48. The Bertz CT molecular complexity index is 647. The second kappa shape index (κ2) is 9.30. The summed E-state index contributed by atoms with van der Waals surface area (Å²) < 4.78 is 1.63. The van der Waals surface area contributed by atoms with Crippen molar-refractivity contribution in [1.82, 2.24) is 25.4 Å². The summed E-state index contributed by atoms with van der Waals surface area (Å²) in [5, 5.41) is 13.6. The molecule has 2 amide bonds. The van der Waals surface area contributed by atoms with Crippen molar-refractivity contribution in [3.63, 3.8) is 0 Å². The zero-order chi connectivity index (χ0) is 19.2. The summed E-state index contributed by atoms with van der Waals surface area (Å²) in [4.78, 5) is 29.2. The maximum absolute atomic E-state index is 12.4. The van der Waals surface area contributed by atoms with Crippen LogP contribution in [0.1, 0.15) is 70.0 Å². The van der Waals surface area contributed by atoms with Gasteiger partial charge in [-0.05, 0) is 45.7 Å². The fourth-order valence-corrected chi connectivity index (χ4v) is 4.00. The molecule has 3 rings (SSSR count). The zero-order valence-electron chi connectivity index (χ0n) is 16.5. The van der Waals surface area contributed by atoms with Crippen LogP contribution in [-0.2, 0) is 16.6 Å². The van der Waals surface area contributed by atoms with Gasteiger partial charge in [0.25, 0.3) is 0 Å². The topological polar surface area (TPSA) is 101 Å². The number of hydrogen-bond donors (Lipinski definition) is 3. The molecule has 8 heteroatoms. The van der Waals surface area contributed by atoms with Crippen molar-refractivity contribution in [3.8, 4) is 0 Å². The number of carbonyl (C=O) groups is 2. The van der Waals surface area contributed by atoms with Crippen molar-refractivity contribution in [1.29, 1.82) is 0 Å². The molecule has 1 aliphatic heterocycles. The van der Waals surface area contributed by atoms with Gasteiger partial charge in [0.2, 0.25) is 17.8 Å². The van der Waals surface area contributed by atoms with Gasteiger partial charge >= 0.3 is 0 Å². The van der Waals surface area contributed by atoms with E-state index < -0.39 is 0 Å². The molecule has 1 unspecified atom stereocenters. The van der Waals surface area contributed by atoms with Gasteiger partial charge in [0.15, 0.2) is 5.82 Å². The van der Waals surface area contributed by atoms with Crippen molar-refractivity contribution in [2.75, 3.05) is 18.4 Å². The number of nitrogens with zero attached hydrogens (tertiary/aromatic N) is 3. The van der Waals surface area contributed by atoms with E-state index in [4.69, 9.17) is 0 Å². The van der Waals surface area contributed by atoms with Crippen molar-refractivity contribution < 1.29 is 9.59 Å². The van der Waals surface area contributed by atoms with Gasteiger partial charge in [-0.2, -0.15) is 10.1 Å². The molecule has 0 radical (unpaired) electrons. The van der Waals surface area contributed by atoms with Crippen molar-refractivity contribution in [2.24, 2.45) is 13.0 Å². The first-order chi connectivity index (χ1) is 13.0. The first-order valence-electron chi connectivity index (χ1n) is 10.2. The van der Waals surface area contributed by atoms with E-state index in [0.717, 1.165) is 57.4 Å². The summed E-state index contributed by atoms with van der Waals surface area (Å²) in [7, 11) is 1.79. The molecule has 0 bridgehead atoms. The highest BCUT2D eigenvalue weighted by Crippen LogP contribution is 2.24. The molecule has 1 aliphatic carbocycles. The summed E-state index contributed by atoms with van der Waals surface area (Å²) in [5.41, 5.74) is 0. The average Bonchev–Trinajstić information content (AvgIpc) is 3.03. The summed E-state index contributed by atoms with van der Waals surface area (Å²) in [6.45, 7) is 3.82. The highest BCUT2D eigenvalue weighted by molar-refractivity contribution is 5.90. The van der Waals surface area contributed by atoms with Crippen LogP contribution in [0.3, 0.4) is 0 Å². The molecule has 1 aromatic heterocycles. The van der Waals surface area contributed by atoms with E-state index in [1.807, 2.05) is 6.92 Å². The van der Waals surface area contributed by atoms with Crippen LogP contribution in [0.15, 0.2) is 0 Å². The Morgan fingerprint density at radius 2 is 1.89 bits per heavy atom. The predicted molar refractivity (Wildman–Crippen MR) is 103 cm³/mol. The lowest BCUT2D eigenvalue weighted by molar-refractivity contribution is -0.126. The van der Waals surface area contributed by atoms with E-state index in [0.29, 0.717) is 11.9 Å². The molecule has 3 N–H and O–H groups in total. The number of amides is 2. The van der Waals surface area contributed by atoms with Gasteiger partial charge in [0.1, 0.15) is 0 Å². The first-order valence-corrected chi connectivity index (χ1v) is 10.2. The minimum absolute atomic E-state index is 0.0850. The van der Waals surface area contributed by atoms with Gasteiger partial charge in [-0.3, -0.25) is 14.9 Å². The number of nitrogens with one attached hydrogen (secondary N) is 3. The number of piperidine rings is 1. The van der Waals surface area contributed by atoms with Crippen LogP contribution in [0.4, 0.5) is 5.95 Å². The fourth-order valence-electron chi connectivity index (χ4n) is 4.00. The SMILES string of the molecule is CC(CC(=O)Nc1nc(C2CCNCC2)nn1C)NC(=O)C1CCCCC1. The average molecular weight is 377 g/mol. The highest BCUT2D eigenvalue weighted by atomic mass is 16.2. The van der Waals surface area contributed by atoms with E-state index in [2.05, 4.69) is 26.0 Å². The van der Waals surface area contributed by atoms with E-state index in [-0.39, 0.29) is 30.2 Å². The van der Waals surface area contributed by atoms with E-state index >= 15 is 0 Å². The molecule has 8 nitrogen and oxygen atoms in total. The molecule has 0 aromatic carbocycles. The van der Waals surface area contributed by atoms with Crippen LogP contribution in [0.2, 0.25) is 0 Å². The number of aryl methyl sites for hydroxylation is 1. The molecule has 2 fully saturated rings. The van der Waals surface area contributed by atoms with Crippen LogP contribution < -0.4 is 16.0 Å². The number of aromatic nitrogens is 3. The van der Waals surface area contributed by atoms with E-state index in [9.17, 15) is 9.59 Å². The van der Waals surface area contributed by atoms with Crippen molar-refractivity contribution in [3.05, 3.63) is 5.82 Å². The van der Waals surface area contributed by atoms with Gasteiger partial charge in [-0.25, -0.2) is 4.68 Å². The second-order valence-corrected chi connectivity index (χ2v) is 7.94. The largest absolute Gasteiger partial charge is 0.353 e. The third-order valence-corrected chi connectivity index (χ3v) is 5.59. The van der Waals surface area contributed by atoms with Crippen LogP contribution in [0.5, 0.6) is 0 Å². The fraction of sp³-hybridized carbons (Fsp3) is 0.789. The number of rotatable bonds is 6. The first kappa shape index (κ1) is 19.8. The molecule has 1 saturated heterocycles. The lowest BCUT2D eigenvalue weighted by atomic mass is 9.88. The van der Waals surface area contributed by atoms with Gasteiger partial charge in [-0.15, -0.1) is 0 Å². The molecule has 2 aliphatic rings. The molecule has 1 atom stereocenters. The Morgan fingerprint density at radius 3 is 2.59 bits per heavy atom. The summed E-state index contributed by atoms with van der Waals surface area (Å²) in [6, 6.07) is -0.198. The number of anilines is 1. The Hall–Kier alpha value is -1.96. The monoisotopic (exact) mass is 376 g/mol. The molecule has 1 saturated carbocycles. The maximum Gasteiger partial charge on any atom is 0.228 e. The standard InChI is InChI=1S/C19H32N6O2/c1-13(21-18(27)15-6-4-3-5-7-15)12-16(26)22-19-23-17(24-25(19)2)14-8-10-20-11-9-14/h13-15,20H,3-12H2,1-2H3,(H,21,27)(H,22,23,24,26). The van der Waals surface area contributed by atoms with Crippen LogP contribution >= 0.6 is 0 Å². The quantitative estimate of drug-likeness (QED) is 0.701. The smallest absolute Gasteiger partial charge is 0.228 e. The minimum Gasteiger partial charge on any atom is -0.353 e. The normalized spacial score (nSPS) is 20.2. The van der Waals surface area contributed by atoms with Gasteiger partial charge < -0.3 is 10.6 Å². The van der Waals surface area contributed by atoms with Crippen LogP contribution in [0.25, 0.3) is 0 Å². The van der Waals surface area contributed by atoms with Crippen LogP contribution in [-0.4, -0.2) is 45.7 Å². The predicted octanol–water partition coefficient (Wildman–Crippen LogP) is 1.70. The molecule has 27 heavy (non-hydrogen) atoms. The highest BCUT2D eigenvalue weighted by Gasteiger charge is 2.24. The third kappa shape index (κ3) is 5.51. The Labute approximate surface area is 160 Å². The summed E-state index contributed by atoms with van der Waals surface area (Å²) in [6.07, 6.45) is 7.65. The molecular formula is C19H32N6O2. The molecular weight excluding hydrogens is 344 g/mol. The third-order valence-electron chi connectivity index (χ3n) is 5.59. The molecule has 150 valence electrons. The Morgan fingerprint density at radius 1 is 1.19 bits per heavy atom. The lowest BCUT2D eigenvalue weighted by Gasteiger charge is -2.23. The number of carbonyl (C=O) groups excluding carboxylic acids is 2. The molecule has 1 aromatic rings. The summed E-state index contributed by atoms with van der Waals surface area (Å²) >= 11 is 0. The van der Waals surface area contributed by atoms with Gasteiger partial charge in [-0.1, -0.05) is 19.3 Å². The zero-order valence-corrected chi connectivity index (χ0v) is 16.5. The molecule has 0 spiro atoms. The van der Waals surface area contributed by atoms with E-state index in [1.54, 1.807) is 11.7 Å². The minimum atomic E-state index is -0.198.